The molecule has 6 nitrogen and oxygen atoms in total. The molecule has 2 fully saturated rings. The van der Waals surface area contributed by atoms with Crippen molar-refractivity contribution in [3.63, 3.8) is 0 Å². The van der Waals surface area contributed by atoms with E-state index >= 15 is 0 Å². The van der Waals surface area contributed by atoms with Gasteiger partial charge in [-0.15, -0.1) is 0 Å². The Hall–Kier alpha value is -2.54. The smallest absolute Gasteiger partial charge is 0.329 e. The van der Waals surface area contributed by atoms with Crippen LogP contribution >= 0.6 is 0 Å². The first-order valence-electron chi connectivity index (χ1n) is 9.02. The maximum absolute atomic E-state index is 13.4. The van der Waals surface area contributed by atoms with E-state index in [1.165, 1.54) is 0 Å². The maximum Gasteiger partial charge on any atom is 0.329 e. The predicted octanol–water partition coefficient (Wildman–Crippen LogP) is 3.01. The van der Waals surface area contributed by atoms with E-state index in [-0.39, 0.29) is 17.5 Å². The molecule has 2 heterocycles. The lowest BCUT2D eigenvalue weighted by molar-refractivity contribution is 0.254. The molecule has 2 aliphatic rings. The van der Waals surface area contributed by atoms with Crippen molar-refractivity contribution in [1.29, 1.82) is 0 Å². The van der Waals surface area contributed by atoms with Gasteiger partial charge in [0.15, 0.2) is 9.84 Å². The number of carbonyl (C=O) groups is 1. The van der Waals surface area contributed by atoms with Gasteiger partial charge >= 0.3 is 6.03 Å². The van der Waals surface area contributed by atoms with Crippen LogP contribution in [0.15, 0.2) is 48.5 Å². The monoisotopic (exact) mass is 386 g/mol. The van der Waals surface area contributed by atoms with Gasteiger partial charge in [0.05, 0.1) is 35.9 Å². The van der Waals surface area contributed by atoms with Crippen LogP contribution in [0.5, 0.6) is 5.75 Å². The molecule has 27 heavy (non-hydrogen) atoms. The topological polar surface area (TPSA) is 66.9 Å². The SMILES string of the molecule is CCOc1ccccc1N1C(=O)N(c2ccc(C)cc2)[C@H]2CS(=O)(=O)C[C@@H]21. The third-order valence-electron chi connectivity index (χ3n) is 5.11. The second-order valence-corrected chi connectivity index (χ2v) is 9.12. The van der Waals surface area contributed by atoms with Gasteiger partial charge in [0.1, 0.15) is 5.75 Å². The molecule has 0 N–H and O–H groups in total. The molecule has 7 heteroatoms. The molecule has 4 rings (SSSR count). The molecule has 2 saturated heterocycles. The number of hydrogen-bond donors (Lipinski definition) is 0. The van der Waals surface area contributed by atoms with Crippen LogP contribution in [0.25, 0.3) is 0 Å². The van der Waals surface area contributed by atoms with Gasteiger partial charge in [-0.25, -0.2) is 13.2 Å². The minimum Gasteiger partial charge on any atom is -0.492 e. The molecule has 2 amide bonds. The Bertz CT molecular complexity index is 972. The number of carbonyl (C=O) groups excluding carboxylic acids is 1. The van der Waals surface area contributed by atoms with Crippen LogP contribution in [0.1, 0.15) is 12.5 Å². The fourth-order valence-electron chi connectivity index (χ4n) is 3.93. The lowest BCUT2D eigenvalue weighted by atomic mass is 10.1. The molecule has 2 aromatic carbocycles. The molecule has 0 radical (unpaired) electrons. The number of rotatable bonds is 4. The number of urea groups is 1. The summed E-state index contributed by atoms with van der Waals surface area (Å²) in [6.07, 6.45) is 0. The van der Waals surface area contributed by atoms with Crippen LogP contribution in [-0.2, 0) is 9.84 Å². The van der Waals surface area contributed by atoms with Crippen LogP contribution in [0.4, 0.5) is 16.2 Å². The van der Waals surface area contributed by atoms with E-state index in [4.69, 9.17) is 4.74 Å². The summed E-state index contributed by atoms with van der Waals surface area (Å²) in [6.45, 7) is 4.32. The molecule has 0 aliphatic carbocycles. The average Bonchev–Trinajstić information content (AvgIpc) is 3.06. The predicted molar refractivity (Wildman–Crippen MR) is 105 cm³/mol. The third-order valence-corrected chi connectivity index (χ3v) is 6.80. The third kappa shape index (κ3) is 3.06. The summed E-state index contributed by atoms with van der Waals surface area (Å²) in [6, 6.07) is 13.8. The van der Waals surface area contributed by atoms with Gasteiger partial charge in [0, 0.05) is 5.69 Å². The highest BCUT2D eigenvalue weighted by Gasteiger charge is 2.54. The maximum atomic E-state index is 13.4. The quantitative estimate of drug-likeness (QED) is 0.758. The van der Waals surface area contributed by atoms with Crippen LogP contribution in [0.3, 0.4) is 0 Å². The molecule has 2 aliphatic heterocycles. The molecule has 2 atom stereocenters. The Morgan fingerprint density at radius 1 is 1.00 bits per heavy atom. The summed E-state index contributed by atoms with van der Waals surface area (Å²) in [5, 5.41) is 0. The van der Waals surface area contributed by atoms with Crippen molar-refractivity contribution in [1.82, 2.24) is 0 Å². The second-order valence-electron chi connectivity index (χ2n) is 6.97. The Morgan fingerprint density at radius 3 is 2.30 bits per heavy atom. The first-order valence-corrected chi connectivity index (χ1v) is 10.8. The molecule has 2 aromatic rings. The largest absolute Gasteiger partial charge is 0.492 e. The molecular formula is C20H22N2O4S. The minimum absolute atomic E-state index is 0.0232. The zero-order valence-corrected chi connectivity index (χ0v) is 16.1. The van der Waals surface area contributed by atoms with Crippen LogP contribution in [0, 0.1) is 6.92 Å². The van der Waals surface area contributed by atoms with Crippen LogP contribution in [0.2, 0.25) is 0 Å². The molecule has 0 bridgehead atoms. The number of nitrogens with zero attached hydrogens (tertiary/aromatic N) is 2. The lowest BCUT2D eigenvalue weighted by Crippen LogP contribution is -2.38. The fraction of sp³-hybridized carbons (Fsp3) is 0.350. The first kappa shape index (κ1) is 17.9. The van der Waals surface area contributed by atoms with E-state index in [1.807, 2.05) is 56.3 Å². The number of hydrogen-bond acceptors (Lipinski definition) is 4. The number of para-hydroxylation sites is 2. The second kappa shape index (κ2) is 6.56. The van der Waals surface area contributed by atoms with Crippen LogP contribution < -0.4 is 14.5 Å². The van der Waals surface area contributed by atoms with Gasteiger partial charge in [-0.3, -0.25) is 9.80 Å². The number of ether oxygens (including phenoxy) is 1. The highest BCUT2D eigenvalue weighted by Crippen LogP contribution is 2.41. The summed E-state index contributed by atoms with van der Waals surface area (Å²) in [5.41, 5.74) is 2.42. The van der Waals surface area contributed by atoms with Crippen LogP contribution in [-0.4, -0.2) is 44.6 Å². The highest BCUT2D eigenvalue weighted by molar-refractivity contribution is 7.91. The summed E-state index contributed by atoms with van der Waals surface area (Å²) < 4.78 is 30.4. The minimum atomic E-state index is -3.22. The number of anilines is 2. The number of fused-ring (bicyclic) bond motifs is 1. The molecule has 0 spiro atoms. The van der Waals surface area contributed by atoms with E-state index in [0.717, 1.165) is 5.56 Å². The fourth-order valence-corrected chi connectivity index (χ4v) is 5.85. The standard InChI is InChI=1S/C20H22N2O4S/c1-3-26-19-7-5-4-6-16(19)22-18-13-27(24,25)12-17(18)21(20(22)23)15-10-8-14(2)9-11-15/h4-11,17-18H,3,12-13H2,1-2H3/t17-,18-/m0/s1. The lowest BCUT2D eigenvalue weighted by Gasteiger charge is -2.24. The Balaban J connectivity index is 1.81. The molecule has 0 unspecified atom stereocenters. The molecule has 0 aromatic heterocycles. The number of aryl methyl sites for hydroxylation is 1. The van der Waals surface area contributed by atoms with E-state index in [1.54, 1.807) is 15.9 Å². The van der Waals surface area contributed by atoms with E-state index in [9.17, 15) is 13.2 Å². The summed E-state index contributed by atoms with van der Waals surface area (Å²) >= 11 is 0. The number of amides is 2. The van der Waals surface area contributed by atoms with Crippen molar-refractivity contribution in [2.75, 3.05) is 27.9 Å². The normalized spacial score (nSPS) is 23.6. The Kier molecular flexibility index (Phi) is 4.34. The van der Waals surface area contributed by atoms with Crippen molar-refractivity contribution in [2.24, 2.45) is 0 Å². The van der Waals surface area contributed by atoms with Crippen molar-refractivity contribution >= 4 is 27.2 Å². The van der Waals surface area contributed by atoms with Gasteiger partial charge in [0.25, 0.3) is 0 Å². The molecule has 0 saturated carbocycles. The summed E-state index contributed by atoms with van der Waals surface area (Å²) in [4.78, 5) is 16.6. The summed E-state index contributed by atoms with van der Waals surface area (Å²) in [7, 11) is -3.22. The van der Waals surface area contributed by atoms with E-state index < -0.39 is 21.9 Å². The van der Waals surface area contributed by atoms with Gasteiger partial charge < -0.3 is 4.74 Å². The average molecular weight is 386 g/mol. The number of sulfone groups is 1. The van der Waals surface area contributed by atoms with Crippen molar-refractivity contribution in [3.05, 3.63) is 54.1 Å². The summed E-state index contributed by atoms with van der Waals surface area (Å²) in [5.74, 6) is 0.527. The zero-order chi connectivity index (χ0) is 19.2. The van der Waals surface area contributed by atoms with Gasteiger partial charge in [-0.1, -0.05) is 29.8 Å². The Labute approximate surface area is 159 Å². The highest BCUT2D eigenvalue weighted by atomic mass is 32.2. The van der Waals surface area contributed by atoms with E-state index in [2.05, 4.69) is 0 Å². The number of benzene rings is 2. The Morgan fingerprint density at radius 2 is 1.63 bits per heavy atom. The van der Waals surface area contributed by atoms with Gasteiger partial charge in [0.2, 0.25) is 0 Å². The first-order chi connectivity index (χ1) is 12.9. The zero-order valence-electron chi connectivity index (χ0n) is 15.3. The molecular weight excluding hydrogens is 364 g/mol. The van der Waals surface area contributed by atoms with Crippen molar-refractivity contribution in [2.45, 2.75) is 25.9 Å². The van der Waals surface area contributed by atoms with Gasteiger partial charge in [-0.05, 0) is 38.1 Å². The van der Waals surface area contributed by atoms with Crippen molar-refractivity contribution < 1.29 is 17.9 Å². The van der Waals surface area contributed by atoms with E-state index in [0.29, 0.717) is 23.7 Å². The van der Waals surface area contributed by atoms with Crippen molar-refractivity contribution in [3.8, 4) is 5.75 Å². The molecule has 142 valence electrons. The van der Waals surface area contributed by atoms with Gasteiger partial charge in [-0.2, -0.15) is 0 Å².